The first-order valence-corrected chi connectivity index (χ1v) is 6.99. The number of rotatable bonds is 2. The lowest BCUT2D eigenvalue weighted by molar-refractivity contribution is -0.157. The van der Waals surface area contributed by atoms with E-state index in [9.17, 15) is 13.2 Å². The Hall–Kier alpha value is -2.63. The van der Waals surface area contributed by atoms with Crippen molar-refractivity contribution in [3.05, 3.63) is 35.7 Å². The Kier molecular flexibility index (Phi) is 3.90. The predicted octanol–water partition coefficient (Wildman–Crippen LogP) is 2.74. The molecular formula is C14H12F3N5O. The third kappa shape index (κ3) is 3.11. The topological polar surface area (TPSA) is 78.8 Å². The second kappa shape index (κ2) is 5.87. The fraction of sp³-hybridized carbons (Fsp3) is 0.429. The molecule has 9 heteroatoms. The van der Waals surface area contributed by atoms with Gasteiger partial charge in [-0.2, -0.15) is 18.4 Å². The summed E-state index contributed by atoms with van der Waals surface area (Å²) in [6.45, 7) is 1.11. The minimum absolute atomic E-state index is 0.0125. The van der Waals surface area contributed by atoms with Crippen LogP contribution in [0.3, 0.4) is 0 Å². The van der Waals surface area contributed by atoms with Crippen LogP contribution in [-0.4, -0.2) is 28.3 Å². The van der Waals surface area contributed by atoms with Gasteiger partial charge >= 0.3 is 12.1 Å². The molecule has 2 aromatic rings. The maximum absolute atomic E-state index is 12.5. The van der Waals surface area contributed by atoms with Crippen LogP contribution < -0.4 is 4.90 Å². The van der Waals surface area contributed by atoms with Gasteiger partial charge < -0.3 is 9.32 Å². The van der Waals surface area contributed by atoms with Crippen molar-refractivity contribution in [2.24, 2.45) is 0 Å². The van der Waals surface area contributed by atoms with Gasteiger partial charge in [0.2, 0.25) is 5.89 Å². The first kappa shape index (κ1) is 15.3. The van der Waals surface area contributed by atoms with Gasteiger partial charge in [0, 0.05) is 25.2 Å². The molecule has 3 rings (SSSR count). The molecule has 1 saturated heterocycles. The highest BCUT2D eigenvalue weighted by Gasteiger charge is 2.39. The van der Waals surface area contributed by atoms with Crippen LogP contribution in [0.4, 0.5) is 19.0 Å². The van der Waals surface area contributed by atoms with E-state index in [0.717, 1.165) is 0 Å². The normalized spacial score (nSPS) is 16.3. The van der Waals surface area contributed by atoms with Crippen LogP contribution in [0.5, 0.6) is 0 Å². The zero-order chi connectivity index (χ0) is 16.4. The first-order chi connectivity index (χ1) is 11.0. The zero-order valence-electron chi connectivity index (χ0n) is 11.9. The minimum atomic E-state index is -4.62. The number of aromatic nitrogens is 3. The van der Waals surface area contributed by atoms with Gasteiger partial charge in [-0.25, -0.2) is 4.98 Å². The van der Waals surface area contributed by atoms with Crippen LogP contribution in [0.1, 0.15) is 36.1 Å². The molecule has 0 bridgehead atoms. The number of anilines is 1. The van der Waals surface area contributed by atoms with E-state index in [-0.39, 0.29) is 11.8 Å². The fourth-order valence-electron chi connectivity index (χ4n) is 2.59. The van der Waals surface area contributed by atoms with Crippen molar-refractivity contribution in [3.63, 3.8) is 0 Å². The summed E-state index contributed by atoms with van der Waals surface area (Å²) < 4.78 is 42.2. The molecule has 23 heavy (non-hydrogen) atoms. The molecule has 0 atom stereocenters. The Morgan fingerprint density at radius 2 is 2.00 bits per heavy atom. The van der Waals surface area contributed by atoms with Crippen molar-refractivity contribution in [1.82, 2.24) is 15.2 Å². The molecule has 0 aromatic carbocycles. The van der Waals surface area contributed by atoms with Crippen LogP contribution in [-0.2, 0) is 6.18 Å². The zero-order valence-corrected chi connectivity index (χ0v) is 11.9. The molecule has 0 saturated carbocycles. The number of alkyl halides is 3. The lowest BCUT2D eigenvalue weighted by Crippen LogP contribution is -2.34. The molecular weight excluding hydrogens is 311 g/mol. The Labute approximate surface area is 129 Å². The smallest absolute Gasteiger partial charge is 0.417 e. The summed E-state index contributed by atoms with van der Waals surface area (Å²) >= 11 is 0. The summed E-state index contributed by atoms with van der Waals surface area (Å²) in [7, 11) is 0. The van der Waals surface area contributed by atoms with E-state index >= 15 is 0 Å². The number of hydrogen-bond acceptors (Lipinski definition) is 6. The summed E-state index contributed by atoms with van der Waals surface area (Å²) in [5, 5.41) is 15.7. The number of nitrogens with zero attached hydrogens (tertiary/aromatic N) is 5. The van der Waals surface area contributed by atoms with Crippen molar-refractivity contribution in [2.45, 2.75) is 24.9 Å². The van der Waals surface area contributed by atoms with Gasteiger partial charge in [0.1, 0.15) is 11.9 Å². The highest BCUT2D eigenvalue weighted by Crippen LogP contribution is 2.33. The van der Waals surface area contributed by atoms with Crippen molar-refractivity contribution in [2.75, 3.05) is 18.0 Å². The lowest BCUT2D eigenvalue weighted by Gasteiger charge is -2.31. The van der Waals surface area contributed by atoms with E-state index in [0.29, 0.717) is 37.3 Å². The number of pyridine rings is 1. The van der Waals surface area contributed by atoms with Crippen LogP contribution in [0.2, 0.25) is 0 Å². The third-order valence-electron chi connectivity index (χ3n) is 3.73. The van der Waals surface area contributed by atoms with Gasteiger partial charge in [-0.15, -0.1) is 10.2 Å². The highest BCUT2D eigenvalue weighted by molar-refractivity contribution is 5.53. The van der Waals surface area contributed by atoms with Gasteiger partial charge in [0.05, 0.1) is 5.56 Å². The van der Waals surface area contributed by atoms with Gasteiger partial charge in [0.25, 0.3) is 0 Å². The second-order valence-corrected chi connectivity index (χ2v) is 5.19. The standard InChI is InChI=1S/C14H12F3N5O/c15-14(16,17)13-21-20-12(23-13)9-3-6-22(7-4-9)11-10(8-18)2-1-5-19-11/h1-2,5,9H,3-4,6-7H2. The molecule has 2 aromatic heterocycles. The van der Waals surface area contributed by atoms with E-state index in [4.69, 9.17) is 9.68 Å². The Balaban J connectivity index is 1.69. The average Bonchev–Trinajstić information content (AvgIpc) is 3.05. The Morgan fingerprint density at radius 3 is 2.61 bits per heavy atom. The number of nitriles is 1. The van der Waals surface area contributed by atoms with Gasteiger partial charge in [0.15, 0.2) is 0 Å². The fourth-order valence-corrected chi connectivity index (χ4v) is 2.59. The van der Waals surface area contributed by atoms with Crippen LogP contribution in [0, 0.1) is 11.3 Å². The van der Waals surface area contributed by atoms with E-state index in [1.807, 2.05) is 4.90 Å². The number of halogens is 3. The molecule has 6 nitrogen and oxygen atoms in total. The molecule has 0 aliphatic carbocycles. The molecule has 1 fully saturated rings. The van der Waals surface area contributed by atoms with E-state index in [1.165, 1.54) is 0 Å². The summed E-state index contributed by atoms with van der Waals surface area (Å²) in [5.41, 5.74) is 0.475. The minimum Gasteiger partial charge on any atom is -0.417 e. The Bertz CT molecular complexity index is 728. The van der Waals surface area contributed by atoms with Crippen molar-refractivity contribution in [3.8, 4) is 6.07 Å². The average molecular weight is 323 g/mol. The van der Waals surface area contributed by atoms with Crippen molar-refractivity contribution < 1.29 is 17.6 Å². The molecule has 1 aliphatic rings. The van der Waals surface area contributed by atoms with Crippen molar-refractivity contribution in [1.29, 1.82) is 5.26 Å². The van der Waals surface area contributed by atoms with Crippen LogP contribution in [0.15, 0.2) is 22.7 Å². The van der Waals surface area contributed by atoms with E-state index < -0.39 is 12.1 Å². The summed E-state index contributed by atoms with van der Waals surface area (Å²) in [6.07, 6.45) is -1.90. The SMILES string of the molecule is N#Cc1cccnc1N1CCC(c2nnc(C(F)(F)F)o2)CC1. The number of piperidine rings is 1. The molecule has 0 spiro atoms. The molecule has 0 amide bonds. The third-order valence-corrected chi connectivity index (χ3v) is 3.73. The Morgan fingerprint density at radius 1 is 1.26 bits per heavy atom. The summed E-state index contributed by atoms with van der Waals surface area (Å²) in [4.78, 5) is 6.15. The van der Waals surface area contributed by atoms with E-state index in [2.05, 4.69) is 21.3 Å². The van der Waals surface area contributed by atoms with Gasteiger partial charge in [-0.05, 0) is 25.0 Å². The van der Waals surface area contributed by atoms with Crippen LogP contribution >= 0.6 is 0 Å². The van der Waals surface area contributed by atoms with Crippen molar-refractivity contribution >= 4 is 5.82 Å². The van der Waals surface area contributed by atoms with Crippen LogP contribution in [0.25, 0.3) is 0 Å². The molecule has 0 unspecified atom stereocenters. The molecule has 0 N–H and O–H groups in total. The number of hydrogen-bond donors (Lipinski definition) is 0. The first-order valence-electron chi connectivity index (χ1n) is 6.99. The maximum Gasteiger partial charge on any atom is 0.470 e. The predicted molar refractivity (Wildman–Crippen MR) is 72.4 cm³/mol. The molecule has 0 radical (unpaired) electrons. The molecule has 3 heterocycles. The maximum atomic E-state index is 12.5. The second-order valence-electron chi connectivity index (χ2n) is 5.19. The largest absolute Gasteiger partial charge is 0.470 e. The quantitative estimate of drug-likeness (QED) is 0.845. The summed E-state index contributed by atoms with van der Waals surface area (Å²) in [6, 6.07) is 5.45. The van der Waals surface area contributed by atoms with Gasteiger partial charge in [-0.3, -0.25) is 0 Å². The monoisotopic (exact) mass is 323 g/mol. The summed E-state index contributed by atoms with van der Waals surface area (Å²) in [5.74, 6) is -0.927. The molecule has 120 valence electrons. The van der Waals surface area contributed by atoms with E-state index in [1.54, 1.807) is 18.3 Å². The molecule has 1 aliphatic heterocycles. The van der Waals surface area contributed by atoms with Gasteiger partial charge in [-0.1, -0.05) is 0 Å². The lowest BCUT2D eigenvalue weighted by atomic mass is 9.96. The highest BCUT2D eigenvalue weighted by atomic mass is 19.4.